The number of hydrogen-bond acceptors (Lipinski definition) is 3. The first-order valence-corrected chi connectivity index (χ1v) is 10.3. The summed E-state index contributed by atoms with van der Waals surface area (Å²) in [6.45, 7) is 0.108. The maximum Gasteiger partial charge on any atom is 0.240 e. The van der Waals surface area contributed by atoms with Crippen LogP contribution in [0.1, 0.15) is 50.5 Å². The molecule has 1 aromatic rings. The lowest BCUT2D eigenvalue weighted by atomic mass is 9.97. The highest BCUT2D eigenvalue weighted by Gasteiger charge is 2.26. The molecule has 0 atom stereocenters. The quantitative estimate of drug-likeness (QED) is 0.891. The van der Waals surface area contributed by atoms with E-state index in [2.05, 4.69) is 5.32 Å². The molecule has 1 N–H and O–H groups in total. The number of amides is 2. The van der Waals surface area contributed by atoms with E-state index in [9.17, 15) is 9.59 Å². The van der Waals surface area contributed by atoms with E-state index >= 15 is 0 Å². The van der Waals surface area contributed by atoms with Gasteiger partial charge in [-0.1, -0.05) is 62.4 Å². The van der Waals surface area contributed by atoms with Gasteiger partial charge in [-0.2, -0.15) is 0 Å². The third-order valence-corrected chi connectivity index (χ3v) is 5.64. The van der Waals surface area contributed by atoms with Gasteiger partial charge in [-0.15, -0.1) is 11.8 Å². The minimum absolute atomic E-state index is 0.000769. The molecule has 134 valence electrons. The first-order chi connectivity index (χ1) is 12.2. The lowest BCUT2D eigenvalue weighted by Gasteiger charge is -2.29. The van der Waals surface area contributed by atoms with Gasteiger partial charge in [0.1, 0.15) is 6.54 Å². The molecule has 0 radical (unpaired) electrons. The molecule has 0 aromatic heterocycles. The fraction of sp³-hybridized carbons (Fsp3) is 0.500. The molecule has 2 aliphatic rings. The molecule has 2 amide bonds. The van der Waals surface area contributed by atoms with Crippen molar-refractivity contribution in [2.75, 3.05) is 12.3 Å². The van der Waals surface area contributed by atoms with Gasteiger partial charge in [-0.3, -0.25) is 9.59 Å². The third kappa shape index (κ3) is 5.11. The molecule has 5 heteroatoms. The molecule has 1 heterocycles. The van der Waals surface area contributed by atoms with Crippen LogP contribution in [0, 0.1) is 0 Å². The van der Waals surface area contributed by atoms with Crippen molar-refractivity contribution in [1.82, 2.24) is 10.2 Å². The molecule has 1 aliphatic heterocycles. The summed E-state index contributed by atoms with van der Waals surface area (Å²) in [4.78, 5) is 26.6. The Morgan fingerprint density at radius 1 is 1.08 bits per heavy atom. The topological polar surface area (TPSA) is 49.4 Å². The van der Waals surface area contributed by atoms with E-state index in [4.69, 9.17) is 0 Å². The van der Waals surface area contributed by atoms with Crippen LogP contribution in [-0.2, 0) is 9.59 Å². The predicted molar refractivity (Wildman–Crippen MR) is 103 cm³/mol. The lowest BCUT2D eigenvalue weighted by Crippen LogP contribution is -2.44. The highest BCUT2D eigenvalue weighted by molar-refractivity contribution is 8.03. The first kappa shape index (κ1) is 18.1. The van der Waals surface area contributed by atoms with Crippen molar-refractivity contribution >= 4 is 29.3 Å². The summed E-state index contributed by atoms with van der Waals surface area (Å²) in [7, 11) is 0. The molecule has 1 aromatic carbocycles. The van der Waals surface area contributed by atoms with Crippen LogP contribution in [0.25, 0.3) is 5.70 Å². The number of nitrogens with zero attached hydrogens (tertiary/aromatic N) is 1. The zero-order valence-electron chi connectivity index (χ0n) is 14.6. The third-order valence-electron chi connectivity index (χ3n) is 4.84. The van der Waals surface area contributed by atoms with Gasteiger partial charge in [0, 0.05) is 6.04 Å². The van der Waals surface area contributed by atoms with Crippen LogP contribution >= 0.6 is 11.8 Å². The Morgan fingerprint density at radius 2 is 1.76 bits per heavy atom. The molecule has 25 heavy (non-hydrogen) atoms. The maximum atomic E-state index is 12.6. The average molecular weight is 359 g/mol. The zero-order valence-corrected chi connectivity index (χ0v) is 15.4. The Hall–Kier alpha value is -1.75. The Balaban J connectivity index is 1.64. The van der Waals surface area contributed by atoms with Gasteiger partial charge >= 0.3 is 0 Å². The van der Waals surface area contributed by atoms with Crippen molar-refractivity contribution in [3.63, 3.8) is 0 Å². The highest BCUT2D eigenvalue weighted by atomic mass is 32.2. The van der Waals surface area contributed by atoms with Crippen molar-refractivity contribution in [1.29, 1.82) is 0 Å². The fourth-order valence-corrected chi connectivity index (χ4v) is 4.29. The van der Waals surface area contributed by atoms with E-state index < -0.39 is 0 Å². The summed E-state index contributed by atoms with van der Waals surface area (Å²) in [5.74, 6) is 0.347. The van der Waals surface area contributed by atoms with E-state index in [1.54, 1.807) is 4.90 Å². The Morgan fingerprint density at radius 3 is 2.48 bits per heavy atom. The monoisotopic (exact) mass is 358 g/mol. The van der Waals surface area contributed by atoms with Crippen LogP contribution in [0.4, 0.5) is 0 Å². The Bertz CT molecular complexity index is 622. The molecule has 1 aliphatic carbocycles. The standard InChI is InChI=1S/C20H26N2O2S/c23-19(21-17-11-7-2-1-3-8-12-17)13-22-18(14-25-15-20(22)24)16-9-5-4-6-10-16/h4-6,9-10,14,17H,1-3,7-8,11-13,15H2,(H,21,23). The summed E-state index contributed by atoms with van der Waals surface area (Å²) >= 11 is 1.49. The van der Waals surface area contributed by atoms with Gasteiger partial charge in [0.25, 0.3) is 0 Å². The van der Waals surface area contributed by atoms with E-state index in [0.29, 0.717) is 5.75 Å². The molecular weight excluding hydrogens is 332 g/mol. The van der Waals surface area contributed by atoms with Crippen LogP contribution in [-0.4, -0.2) is 35.1 Å². The van der Waals surface area contributed by atoms with Gasteiger partial charge in [0.05, 0.1) is 11.4 Å². The number of hydrogen-bond donors (Lipinski definition) is 1. The van der Waals surface area contributed by atoms with Gasteiger partial charge < -0.3 is 10.2 Å². The van der Waals surface area contributed by atoms with E-state index in [1.165, 1.54) is 43.9 Å². The largest absolute Gasteiger partial charge is 0.352 e. The van der Waals surface area contributed by atoms with E-state index in [0.717, 1.165) is 24.1 Å². The SMILES string of the molecule is O=C(CN1C(=O)CSC=C1c1ccccc1)NC1CCCCCCC1. The van der Waals surface area contributed by atoms with Gasteiger partial charge in [0.2, 0.25) is 11.8 Å². The molecule has 0 bridgehead atoms. The smallest absolute Gasteiger partial charge is 0.240 e. The second-order valence-electron chi connectivity index (χ2n) is 6.77. The molecule has 0 spiro atoms. The maximum absolute atomic E-state index is 12.6. The molecule has 0 unspecified atom stereocenters. The molecule has 1 fully saturated rings. The number of carbonyl (C=O) groups is 2. The Labute approximate surface area is 154 Å². The molecule has 3 rings (SSSR count). The van der Waals surface area contributed by atoms with E-state index in [1.807, 2.05) is 35.7 Å². The summed E-state index contributed by atoms with van der Waals surface area (Å²) in [6.07, 6.45) is 8.29. The van der Waals surface area contributed by atoms with Crippen molar-refractivity contribution in [2.45, 2.75) is 51.0 Å². The van der Waals surface area contributed by atoms with Crippen molar-refractivity contribution in [3.05, 3.63) is 41.3 Å². The summed E-state index contributed by atoms with van der Waals surface area (Å²) in [5, 5.41) is 5.15. The van der Waals surface area contributed by atoms with Crippen molar-refractivity contribution in [3.8, 4) is 0 Å². The first-order valence-electron chi connectivity index (χ1n) is 9.21. The van der Waals surface area contributed by atoms with Gasteiger partial charge in [-0.25, -0.2) is 0 Å². The zero-order chi connectivity index (χ0) is 17.5. The van der Waals surface area contributed by atoms with Crippen molar-refractivity contribution in [2.24, 2.45) is 0 Å². The summed E-state index contributed by atoms with van der Waals surface area (Å²) < 4.78 is 0. The summed E-state index contributed by atoms with van der Waals surface area (Å²) in [6, 6.07) is 10.1. The Kier molecular flexibility index (Phi) is 6.56. The van der Waals surface area contributed by atoms with Gasteiger partial charge in [0.15, 0.2) is 0 Å². The minimum Gasteiger partial charge on any atom is -0.352 e. The fourth-order valence-electron chi connectivity index (χ4n) is 3.49. The number of benzene rings is 1. The second-order valence-corrected chi connectivity index (χ2v) is 7.63. The molecular formula is C20H26N2O2S. The number of nitrogens with one attached hydrogen (secondary N) is 1. The van der Waals surface area contributed by atoms with Crippen LogP contribution in [0.15, 0.2) is 35.7 Å². The number of rotatable bonds is 4. The molecule has 1 saturated carbocycles. The predicted octanol–water partition coefficient (Wildman–Crippen LogP) is 3.79. The number of thioether (sulfide) groups is 1. The van der Waals surface area contributed by atoms with Crippen LogP contribution < -0.4 is 5.32 Å². The number of carbonyl (C=O) groups excluding carboxylic acids is 2. The minimum atomic E-state index is -0.0485. The molecule has 4 nitrogen and oxygen atoms in total. The average Bonchev–Trinajstić information content (AvgIpc) is 2.60. The molecule has 0 saturated heterocycles. The van der Waals surface area contributed by atoms with Crippen LogP contribution in [0.2, 0.25) is 0 Å². The normalized spacial score (nSPS) is 19.8. The van der Waals surface area contributed by atoms with Crippen LogP contribution in [0.5, 0.6) is 0 Å². The van der Waals surface area contributed by atoms with Gasteiger partial charge in [-0.05, 0) is 23.8 Å². The van der Waals surface area contributed by atoms with Crippen LogP contribution in [0.3, 0.4) is 0 Å². The van der Waals surface area contributed by atoms with E-state index in [-0.39, 0.29) is 24.4 Å². The lowest BCUT2D eigenvalue weighted by molar-refractivity contribution is -0.131. The highest BCUT2D eigenvalue weighted by Crippen LogP contribution is 2.28. The summed E-state index contributed by atoms with van der Waals surface area (Å²) in [5.41, 5.74) is 1.80. The second kappa shape index (κ2) is 9.09. The van der Waals surface area contributed by atoms with Crippen molar-refractivity contribution < 1.29 is 9.59 Å².